The van der Waals surface area contributed by atoms with E-state index in [1.54, 1.807) is 16.8 Å². The van der Waals surface area contributed by atoms with Gasteiger partial charge in [-0.3, -0.25) is 49.0 Å². The smallest absolute Gasteiger partial charge is 0.262 e. The number of piperidine rings is 2. The van der Waals surface area contributed by atoms with E-state index >= 15 is 0 Å². The maximum atomic E-state index is 13.7. The lowest BCUT2D eigenvalue weighted by molar-refractivity contribution is -0.136. The van der Waals surface area contributed by atoms with Gasteiger partial charge in [-0.15, -0.1) is 0 Å². The van der Waals surface area contributed by atoms with Crippen molar-refractivity contribution in [3.8, 4) is 0 Å². The Morgan fingerprint density at radius 3 is 2.44 bits per heavy atom. The number of hydrogen-bond acceptors (Lipinski definition) is 15. The van der Waals surface area contributed by atoms with Gasteiger partial charge in [-0.05, 0) is 97.5 Å². The summed E-state index contributed by atoms with van der Waals surface area (Å²) in [5.41, 5.74) is 7.69. The molecule has 0 radical (unpaired) electrons. The van der Waals surface area contributed by atoms with Crippen LogP contribution in [-0.4, -0.2) is 153 Å². The maximum absolute atomic E-state index is 13.7. The van der Waals surface area contributed by atoms with Crippen LogP contribution in [0.25, 0.3) is 0 Å². The number of likely N-dealkylation sites (tertiary alicyclic amines) is 1. The highest BCUT2D eigenvalue weighted by molar-refractivity contribution is 6.24. The fourth-order valence-corrected chi connectivity index (χ4v) is 10.8. The average molecular weight is 893 g/mol. The molecule has 11 rings (SSSR count). The van der Waals surface area contributed by atoms with Crippen LogP contribution in [0, 0.1) is 5.92 Å². The number of carbonyl (C=O) groups excluding carboxylic acids is 5. The molecule has 19 nitrogen and oxygen atoms in total. The summed E-state index contributed by atoms with van der Waals surface area (Å²) in [7, 11) is 1.86. The third kappa shape index (κ3) is 7.29. The van der Waals surface area contributed by atoms with Crippen molar-refractivity contribution in [2.24, 2.45) is 10.9 Å². The predicted octanol–water partition coefficient (Wildman–Crippen LogP) is 2.47. The molecule has 2 atom stereocenters. The first kappa shape index (κ1) is 41.8. The second-order valence-electron chi connectivity index (χ2n) is 18.6. The van der Waals surface area contributed by atoms with E-state index in [4.69, 9.17) is 9.98 Å². The highest BCUT2D eigenvalue weighted by Gasteiger charge is 2.45. The summed E-state index contributed by atoms with van der Waals surface area (Å²) in [6.07, 6.45) is 4.21. The van der Waals surface area contributed by atoms with Gasteiger partial charge >= 0.3 is 0 Å². The molecule has 0 aliphatic carbocycles. The second kappa shape index (κ2) is 16.5. The molecule has 5 amide bonds. The van der Waals surface area contributed by atoms with E-state index in [9.17, 15) is 24.0 Å². The minimum atomic E-state index is -0.966. The lowest BCUT2D eigenvalue weighted by Crippen LogP contribution is -2.63. The number of pyridine rings is 1. The molecule has 0 bridgehead atoms. The van der Waals surface area contributed by atoms with Crippen molar-refractivity contribution in [2.45, 2.75) is 64.2 Å². The number of benzene rings is 2. The molecule has 2 aromatic heterocycles. The van der Waals surface area contributed by atoms with E-state index in [-0.39, 0.29) is 30.7 Å². The number of hydrogen-bond donors (Lipinski definition) is 2. The molecule has 340 valence electrons. The van der Waals surface area contributed by atoms with Crippen LogP contribution in [0.3, 0.4) is 0 Å². The average Bonchev–Trinajstić information content (AvgIpc) is 4.04. The summed E-state index contributed by atoms with van der Waals surface area (Å²) in [5, 5.41) is 17.4. The van der Waals surface area contributed by atoms with Gasteiger partial charge in [-0.1, -0.05) is 11.2 Å². The van der Waals surface area contributed by atoms with Crippen LogP contribution in [0.2, 0.25) is 0 Å². The van der Waals surface area contributed by atoms with Gasteiger partial charge in [0, 0.05) is 113 Å². The van der Waals surface area contributed by atoms with E-state index in [1.165, 1.54) is 0 Å². The van der Waals surface area contributed by atoms with Gasteiger partial charge in [0.1, 0.15) is 11.9 Å². The van der Waals surface area contributed by atoms with Gasteiger partial charge in [0.15, 0.2) is 0 Å². The summed E-state index contributed by atoms with van der Waals surface area (Å²) < 4.78 is 1.66. The Kier molecular flexibility index (Phi) is 10.5. The summed E-state index contributed by atoms with van der Waals surface area (Å²) in [6, 6.07) is 14.8. The molecule has 2 aromatic carbocycles. The van der Waals surface area contributed by atoms with Gasteiger partial charge in [0.2, 0.25) is 17.8 Å². The zero-order chi connectivity index (χ0) is 45.4. The Balaban J connectivity index is 0.647. The highest BCUT2D eigenvalue weighted by atomic mass is 16.2. The topological polar surface area (TPSA) is 198 Å². The first-order valence-corrected chi connectivity index (χ1v) is 23.0. The van der Waals surface area contributed by atoms with Gasteiger partial charge in [0.25, 0.3) is 17.7 Å². The molecule has 7 aliphatic rings. The van der Waals surface area contributed by atoms with Gasteiger partial charge in [-0.25, -0.2) is 9.67 Å². The number of imide groups is 2. The van der Waals surface area contributed by atoms with Crippen molar-refractivity contribution in [3.05, 3.63) is 93.8 Å². The van der Waals surface area contributed by atoms with Crippen LogP contribution in [0.1, 0.15) is 83.0 Å². The summed E-state index contributed by atoms with van der Waals surface area (Å²) in [6.45, 7) is 13.2. The standard InChI is InChI=1S/C47H52N14O5/c1-27-41(28(2)61-47(55(27)3)52-53-54-61)44(64)50-32-5-4-31-23-49-42(36(31)21-32)30-10-13-48-39(20-30)59-18-16-58(17-19-59)34-25-56(26-34)24-29-11-14-57(15-12-29)33-6-7-35-37(22-33)46(66)60(45(35)65)38-8-9-40(62)51-43(38)63/h4-7,10,13,20-22,28-29,34,38H,8-9,11-12,14-19,23-26H2,1-3H3,(H,50,64)(H,51,62,63)/t28-,38?/m1/s1. The summed E-state index contributed by atoms with van der Waals surface area (Å²) in [5.74, 6) is 0.0140. The van der Waals surface area contributed by atoms with E-state index in [0.717, 1.165) is 116 Å². The van der Waals surface area contributed by atoms with Crippen molar-refractivity contribution >= 4 is 58.4 Å². The Bertz CT molecular complexity index is 2740. The van der Waals surface area contributed by atoms with Crippen LogP contribution in [0.4, 0.5) is 23.1 Å². The number of rotatable bonds is 9. The molecular weight excluding hydrogens is 841 g/mol. The van der Waals surface area contributed by atoms with Crippen LogP contribution in [-0.2, 0) is 20.9 Å². The largest absolute Gasteiger partial charge is 0.371 e. The molecule has 19 heteroatoms. The summed E-state index contributed by atoms with van der Waals surface area (Å²) in [4.78, 5) is 86.8. The first-order chi connectivity index (χ1) is 32.0. The molecule has 1 unspecified atom stereocenters. The number of nitrogens with one attached hydrogen (secondary N) is 2. The minimum absolute atomic E-state index is 0.0977. The number of amides is 5. The number of anilines is 4. The molecule has 4 aromatic rings. The maximum Gasteiger partial charge on any atom is 0.262 e. The van der Waals surface area contributed by atoms with Crippen molar-refractivity contribution in [1.82, 2.24) is 45.2 Å². The molecule has 4 saturated heterocycles. The Morgan fingerprint density at radius 1 is 0.864 bits per heavy atom. The van der Waals surface area contributed by atoms with Crippen LogP contribution in [0.15, 0.2) is 71.0 Å². The highest BCUT2D eigenvalue weighted by Crippen LogP contribution is 2.35. The molecule has 9 heterocycles. The lowest BCUT2D eigenvalue weighted by Gasteiger charge is -2.49. The minimum Gasteiger partial charge on any atom is -0.371 e. The van der Waals surface area contributed by atoms with Crippen molar-refractivity contribution < 1.29 is 24.0 Å². The number of fused-ring (bicyclic) bond motifs is 3. The van der Waals surface area contributed by atoms with E-state index in [2.05, 4.69) is 51.8 Å². The zero-order valence-electron chi connectivity index (χ0n) is 37.3. The van der Waals surface area contributed by atoms with Crippen molar-refractivity contribution in [2.75, 3.05) is 86.0 Å². The molecule has 7 aliphatic heterocycles. The van der Waals surface area contributed by atoms with Crippen molar-refractivity contribution in [1.29, 1.82) is 0 Å². The monoisotopic (exact) mass is 892 g/mol. The van der Waals surface area contributed by atoms with Crippen molar-refractivity contribution in [3.63, 3.8) is 0 Å². The van der Waals surface area contributed by atoms with Gasteiger partial charge in [0.05, 0.1) is 35.0 Å². The normalized spacial score (nSPS) is 22.9. The molecule has 0 spiro atoms. The number of piperazine rings is 1. The number of carbonyl (C=O) groups is 5. The number of aromatic nitrogens is 5. The summed E-state index contributed by atoms with van der Waals surface area (Å²) >= 11 is 0. The van der Waals surface area contributed by atoms with Crippen LogP contribution < -0.4 is 25.3 Å². The van der Waals surface area contributed by atoms with E-state index in [1.807, 2.05) is 62.3 Å². The van der Waals surface area contributed by atoms with Crippen LogP contribution >= 0.6 is 0 Å². The second-order valence-corrected chi connectivity index (χ2v) is 18.6. The Hall–Kier alpha value is -6.86. The lowest BCUT2D eigenvalue weighted by atomic mass is 9.93. The number of tetrazole rings is 1. The Morgan fingerprint density at radius 2 is 1.65 bits per heavy atom. The Labute approximate surface area is 381 Å². The predicted molar refractivity (Wildman–Crippen MR) is 244 cm³/mol. The molecule has 4 fully saturated rings. The first-order valence-electron chi connectivity index (χ1n) is 23.0. The van der Waals surface area contributed by atoms with Gasteiger partial charge in [-0.2, -0.15) is 0 Å². The zero-order valence-corrected chi connectivity index (χ0v) is 37.3. The third-order valence-electron chi connectivity index (χ3n) is 14.8. The third-order valence-corrected chi connectivity index (χ3v) is 14.8. The molecule has 2 N–H and O–H groups in total. The van der Waals surface area contributed by atoms with E-state index < -0.39 is 23.8 Å². The van der Waals surface area contributed by atoms with E-state index in [0.29, 0.717) is 46.8 Å². The molecule has 0 saturated carbocycles. The number of aliphatic imine (C=N–C) groups is 1. The fourth-order valence-electron chi connectivity index (χ4n) is 10.8. The molecule has 66 heavy (non-hydrogen) atoms. The quantitative estimate of drug-likeness (QED) is 0.233. The van der Waals surface area contributed by atoms with Crippen LogP contribution in [0.5, 0.6) is 0 Å². The molecular formula is C47H52N14O5. The SMILES string of the molecule is CC1=C(C(=O)Nc2ccc3c(c2)C(c2ccnc(N4CCN(C5CN(CC6CCN(c7ccc8c(c7)C(=O)N(C7CCC(=O)NC7=O)C8=O)CC6)C5)CC4)c2)=NC3)[C@@H](C)n2nnnc2N1C. The number of allylic oxidation sites excluding steroid dienone is 1. The van der Waals surface area contributed by atoms with Gasteiger partial charge < -0.3 is 20.0 Å². The number of nitrogens with zero attached hydrogens (tertiary/aromatic N) is 12. The fraction of sp³-hybridized carbons (Fsp3) is 0.447.